The molecule has 0 aromatic carbocycles. The van der Waals surface area contributed by atoms with Crippen LogP contribution in [0.5, 0.6) is 5.75 Å². The van der Waals surface area contributed by atoms with Gasteiger partial charge >= 0.3 is 0 Å². The molecule has 200 valence electrons. The summed E-state index contributed by atoms with van der Waals surface area (Å²) in [5.74, 6) is 0.138. The van der Waals surface area contributed by atoms with Crippen LogP contribution in [0, 0.1) is 6.92 Å². The predicted molar refractivity (Wildman–Crippen MR) is 141 cm³/mol. The third-order valence-corrected chi connectivity index (χ3v) is 8.17. The molecule has 37 heavy (non-hydrogen) atoms. The monoisotopic (exact) mass is 532 g/mol. The van der Waals surface area contributed by atoms with Crippen molar-refractivity contribution < 1.29 is 23.8 Å². The highest BCUT2D eigenvalue weighted by molar-refractivity contribution is 7.16. The maximum absolute atomic E-state index is 15.5. The molecule has 9 nitrogen and oxygen atoms in total. The van der Waals surface area contributed by atoms with Crippen molar-refractivity contribution in [3.05, 3.63) is 38.8 Å². The van der Waals surface area contributed by atoms with Crippen molar-refractivity contribution in [2.45, 2.75) is 58.4 Å². The Morgan fingerprint density at radius 3 is 2.68 bits per heavy atom. The van der Waals surface area contributed by atoms with Crippen LogP contribution in [-0.2, 0) is 11.8 Å². The highest BCUT2D eigenvalue weighted by Crippen LogP contribution is 2.49. The number of amides is 2. The molecule has 4 heterocycles. The van der Waals surface area contributed by atoms with Crippen LogP contribution < -0.4 is 15.6 Å². The number of nitrogens with one attached hydrogen (secondary N) is 2. The average molecular weight is 533 g/mol. The van der Waals surface area contributed by atoms with Gasteiger partial charge in [-0.15, -0.1) is 11.3 Å². The van der Waals surface area contributed by atoms with Gasteiger partial charge in [0.1, 0.15) is 23.6 Å². The van der Waals surface area contributed by atoms with Crippen LogP contribution in [0.1, 0.15) is 60.7 Å². The first-order chi connectivity index (χ1) is 17.3. The SMILES string of the molecule is CCNC(=O)c1cc2c(-c3sc(C(F)C(C)(C)O)c(C)c3OCC3CCC(=O)N3C)cn(C)c(=O)c2[nH]1. The number of aromatic nitrogens is 2. The fourth-order valence-corrected chi connectivity index (χ4v) is 5.99. The number of fused-ring (bicyclic) bond motifs is 1. The van der Waals surface area contributed by atoms with Crippen LogP contribution >= 0.6 is 11.3 Å². The van der Waals surface area contributed by atoms with E-state index in [1.54, 1.807) is 45.1 Å². The number of H-pyrrole nitrogens is 1. The lowest BCUT2D eigenvalue weighted by Crippen LogP contribution is -2.33. The van der Waals surface area contributed by atoms with Crippen LogP contribution in [0.3, 0.4) is 0 Å². The zero-order chi connectivity index (χ0) is 27.2. The van der Waals surface area contributed by atoms with E-state index in [4.69, 9.17) is 4.74 Å². The molecule has 1 aliphatic rings. The zero-order valence-corrected chi connectivity index (χ0v) is 22.7. The number of ether oxygens (including phenoxy) is 1. The molecule has 3 aromatic heterocycles. The van der Waals surface area contributed by atoms with E-state index in [-0.39, 0.29) is 41.2 Å². The number of hydrogen-bond acceptors (Lipinski definition) is 6. The first kappa shape index (κ1) is 26.9. The number of aliphatic hydroxyl groups is 1. The van der Waals surface area contributed by atoms with E-state index in [0.29, 0.717) is 51.4 Å². The minimum atomic E-state index is -1.68. The summed E-state index contributed by atoms with van der Waals surface area (Å²) >= 11 is 1.14. The van der Waals surface area contributed by atoms with Gasteiger partial charge in [-0.3, -0.25) is 14.4 Å². The van der Waals surface area contributed by atoms with Crippen LogP contribution in [-0.4, -0.2) is 63.2 Å². The van der Waals surface area contributed by atoms with Crippen molar-refractivity contribution in [3.8, 4) is 16.2 Å². The van der Waals surface area contributed by atoms with Crippen molar-refractivity contribution >= 4 is 34.1 Å². The number of halogens is 1. The molecule has 3 aromatic rings. The molecule has 11 heteroatoms. The second-order valence-corrected chi connectivity index (χ2v) is 11.1. The van der Waals surface area contributed by atoms with E-state index in [0.717, 1.165) is 11.3 Å². The summed E-state index contributed by atoms with van der Waals surface area (Å²) in [6, 6.07) is 1.50. The summed E-state index contributed by atoms with van der Waals surface area (Å²) in [7, 11) is 3.34. The molecule has 0 radical (unpaired) electrons. The molecule has 0 bridgehead atoms. The largest absolute Gasteiger partial charge is 0.490 e. The first-order valence-corrected chi connectivity index (χ1v) is 13.1. The van der Waals surface area contributed by atoms with Gasteiger partial charge in [-0.2, -0.15) is 0 Å². The maximum atomic E-state index is 15.5. The number of rotatable bonds is 8. The summed E-state index contributed by atoms with van der Waals surface area (Å²) in [6.07, 6.45) is 1.08. The van der Waals surface area contributed by atoms with E-state index in [2.05, 4.69) is 10.3 Å². The van der Waals surface area contributed by atoms with Gasteiger partial charge in [0.2, 0.25) is 5.91 Å². The Balaban J connectivity index is 1.89. The van der Waals surface area contributed by atoms with Gasteiger partial charge in [-0.25, -0.2) is 4.39 Å². The molecule has 0 aliphatic carbocycles. The van der Waals surface area contributed by atoms with Crippen molar-refractivity contribution in [1.82, 2.24) is 19.8 Å². The highest BCUT2D eigenvalue weighted by atomic mass is 32.1. The minimum Gasteiger partial charge on any atom is -0.490 e. The Kier molecular flexibility index (Phi) is 7.22. The van der Waals surface area contributed by atoms with Crippen LogP contribution in [0.2, 0.25) is 0 Å². The minimum absolute atomic E-state index is 0.0485. The zero-order valence-electron chi connectivity index (χ0n) is 21.9. The molecular formula is C26H33FN4O5S. The topological polar surface area (TPSA) is 117 Å². The quantitative estimate of drug-likeness (QED) is 0.411. The predicted octanol–water partition coefficient (Wildman–Crippen LogP) is 3.43. The van der Waals surface area contributed by atoms with Crippen molar-refractivity contribution in [3.63, 3.8) is 0 Å². The molecule has 0 spiro atoms. The number of alkyl halides is 1. The summed E-state index contributed by atoms with van der Waals surface area (Å²) in [5, 5.41) is 13.6. The Bertz CT molecular complexity index is 1420. The van der Waals surface area contributed by atoms with Gasteiger partial charge in [-0.1, -0.05) is 0 Å². The summed E-state index contributed by atoms with van der Waals surface area (Å²) in [5.41, 5.74) is -0.305. The number of likely N-dealkylation sites (N-methyl/N-ethyl adjacent to an activating group) is 1. The molecule has 1 fully saturated rings. The molecule has 2 unspecified atom stereocenters. The fraction of sp³-hybridized carbons (Fsp3) is 0.500. The van der Waals surface area contributed by atoms with Crippen LogP contribution in [0.4, 0.5) is 4.39 Å². The van der Waals surface area contributed by atoms with E-state index in [1.165, 1.54) is 18.4 Å². The van der Waals surface area contributed by atoms with Crippen LogP contribution in [0.25, 0.3) is 21.3 Å². The molecule has 1 saturated heterocycles. The molecule has 2 atom stereocenters. The van der Waals surface area contributed by atoms with Crippen LogP contribution in [0.15, 0.2) is 17.1 Å². The van der Waals surface area contributed by atoms with Gasteiger partial charge < -0.3 is 29.6 Å². The van der Waals surface area contributed by atoms with E-state index >= 15 is 4.39 Å². The van der Waals surface area contributed by atoms with Crippen molar-refractivity contribution in [2.24, 2.45) is 7.05 Å². The van der Waals surface area contributed by atoms with Crippen molar-refractivity contribution in [1.29, 1.82) is 0 Å². The third-order valence-electron chi connectivity index (χ3n) is 6.82. The normalized spacial score (nSPS) is 17.0. The Hall–Kier alpha value is -3.18. The lowest BCUT2D eigenvalue weighted by molar-refractivity contribution is -0.127. The van der Waals surface area contributed by atoms with E-state index in [9.17, 15) is 19.5 Å². The number of carbonyl (C=O) groups is 2. The lowest BCUT2D eigenvalue weighted by atomic mass is 9.99. The Morgan fingerprint density at radius 2 is 2.08 bits per heavy atom. The lowest BCUT2D eigenvalue weighted by Gasteiger charge is -2.22. The second kappa shape index (κ2) is 9.94. The number of nitrogens with zero attached hydrogens (tertiary/aromatic N) is 2. The number of hydrogen-bond donors (Lipinski definition) is 3. The van der Waals surface area contributed by atoms with Crippen molar-refractivity contribution in [2.75, 3.05) is 20.2 Å². The molecule has 1 aliphatic heterocycles. The highest BCUT2D eigenvalue weighted by Gasteiger charge is 2.35. The molecule has 4 rings (SSSR count). The number of aryl methyl sites for hydroxylation is 1. The van der Waals surface area contributed by atoms with Gasteiger partial charge in [0.05, 0.1) is 16.5 Å². The molecule has 3 N–H and O–H groups in total. The first-order valence-electron chi connectivity index (χ1n) is 12.2. The fourth-order valence-electron chi connectivity index (χ4n) is 4.56. The second-order valence-electron chi connectivity index (χ2n) is 10.1. The Morgan fingerprint density at radius 1 is 1.38 bits per heavy atom. The van der Waals surface area contributed by atoms with Gasteiger partial charge in [0, 0.05) is 54.6 Å². The third kappa shape index (κ3) is 4.89. The summed E-state index contributed by atoms with van der Waals surface area (Å²) < 4.78 is 23.1. The van der Waals surface area contributed by atoms with Gasteiger partial charge in [-0.05, 0) is 40.2 Å². The standard InChI is InChI=1S/C26H33FN4O5S/c1-7-28-24(33)17-10-15-16(11-30(5)25(34)19(15)29-17)22-20(36-12-14-8-9-18(32)31(14)6)13(2)21(37-22)23(27)26(3,4)35/h10-11,14,23,29,35H,7-9,12H2,1-6H3,(H,28,33). The number of thiophene rings is 1. The van der Waals surface area contributed by atoms with Gasteiger partial charge in [0.15, 0.2) is 6.17 Å². The Labute approximate surface area is 218 Å². The number of pyridine rings is 1. The molecule has 0 saturated carbocycles. The maximum Gasteiger partial charge on any atom is 0.274 e. The van der Waals surface area contributed by atoms with E-state index < -0.39 is 11.8 Å². The molecular weight excluding hydrogens is 499 g/mol. The summed E-state index contributed by atoms with van der Waals surface area (Å²) in [6.45, 7) is 7.00. The van der Waals surface area contributed by atoms with E-state index in [1.807, 2.05) is 0 Å². The average Bonchev–Trinajstić information content (AvgIpc) is 3.51. The summed E-state index contributed by atoms with van der Waals surface area (Å²) in [4.78, 5) is 42.9. The smallest absolute Gasteiger partial charge is 0.274 e. The number of likely N-dealkylation sites (tertiary alicyclic amines) is 1. The number of aromatic amines is 1. The molecule has 2 amide bonds. The number of carbonyl (C=O) groups excluding carboxylic acids is 2. The van der Waals surface area contributed by atoms with Gasteiger partial charge in [0.25, 0.3) is 11.5 Å².